The van der Waals surface area contributed by atoms with Gasteiger partial charge in [-0.3, -0.25) is 0 Å². The molecule has 2 nitrogen and oxygen atoms in total. The highest BCUT2D eigenvalue weighted by atomic mass is 32.1. The van der Waals surface area contributed by atoms with Crippen molar-refractivity contribution in [3.05, 3.63) is 33.3 Å². The van der Waals surface area contributed by atoms with Crippen LogP contribution < -0.4 is 4.74 Å². The van der Waals surface area contributed by atoms with E-state index in [1.54, 1.807) is 11.3 Å². The maximum absolute atomic E-state index is 5.37. The second-order valence-corrected chi connectivity index (χ2v) is 3.83. The van der Waals surface area contributed by atoms with Gasteiger partial charge in [0.05, 0.1) is 5.38 Å². The van der Waals surface area contributed by atoms with E-state index in [1.807, 2.05) is 22.9 Å². The minimum Gasteiger partial charge on any atom is -0.471 e. The van der Waals surface area contributed by atoms with Gasteiger partial charge < -0.3 is 4.74 Å². The Morgan fingerprint density at radius 2 is 2.58 bits per heavy atom. The molecular formula is C8H6NOS2. The molecule has 0 aliphatic carbocycles. The monoisotopic (exact) mass is 196 g/mol. The van der Waals surface area contributed by atoms with E-state index in [1.165, 1.54) is 16.2 Å². The predicted molar refractivity (Wildman–Crippen MR) is 49.6 cm³/mol. The van der Waals surface area contributed by atoms with Crippen LogP contribution in [0.1, 0.15) is 4.88 Å². The van der Waals surface area contributed by atoms with Gasteiger partial charge in [-0.25, -0.2) is 0 Å². The molecule has 0 fully saturated rings. The van der Waals surface area contributed by atoms with Gasteiger partial charge in [0, 0.05) is 4.88 Å². The van der Waals surface area contributed by atoms with Crippen LogP contribution in [0.2, 0.25) is 0 Å². The summed E-state index contributed by atoms with van der Waals surface area (Å²) < 4.78 is 5.37. The highest BCUT2D eigenvalue weighted by molar-refractivity contribution is 7.09. The summed E-state index contributed by atoms with van der Waals surface area (Å²) in [5.74, 6) is 0.661. The summed E-state index contributed by atoms with van der Waals surface area (Å²) in [6.07, 6.45) is 0. The van der Waals surface area contributed by atoms with Crippen LogP contribution in [0.15, 0.2) is 22.9 Å². The Kier molecular flexibility index (Phi) is 2.39. The van der Waals surface area contributed by atoms with Gasteiger partial charge in [0.25, 0.3) is 0 Å². The third-order valence-electron chi connectivity index (χ3n) is 1.31. The van der Waals surface area contributed by atoms with Gasteiger partial charge in [-0.1, -0.05) is 6.07 Å². The molecule has 0 amide bonds. The molecule has 12 heavy (non-hydrogen) atoms. The molecule has 2 aromatic heterocycles. The number of ether oxygens (including phenoxy) is 1. The zero-order chi connectivity index (χ0) is 8.23. The Morgan fingerprint density at radius 1 is 1.58 bits per heavy atom. The van der Waals surface area contributed by atoms with Crippen molar-refractivity contribution in [2.75, 3.05) is 0 Å². The molecule has 1 radical (unpaired) electrons. The van der Waals surface area contributed by atoms with Crippen LogP contribution >= 0.6 is 22.7 Å². The molecule has 61 valence electrons. The van der Waals surface area contributed by atoms with Crippen LogP contribution in [0.3, 0.4) is 0 Å². The molecule has 2 rings (SSSR count). The molecule has 0 aliphatic rings. The lowest BCUT2D eigenvalue weighted by Gasteiger charge is -1.97. The molecule has 0 saturated carbocycles. The highest BCUT2D eigenvalue weighted by Gasteiger charge is 1.97. The maximum Gasteiger partial charge on any atom is 0.225 e. The minimum absolute atomic E-state index is 0.606. The third-order valence-corrected chi connectivity index (χ3v) is 2.68. The summed E-state index contributed by atoms with van der Waals surface area (Å²) in [6, 6.07) is 4.05. The summed E-state index contributed by atoms with van der Waals surface area (Å²) in [6.45, 7) is 0.606. The summed E-state index contributed by atoms with van der Waals surface area (Å²) in [7, 11) is 0. The second-order valence-electron chi connectivity index (χ2n) is 2.15. The standard InChI is InChI=1S/C8H6NOS2/c1-2-7(12-3-1)4-10-8-5-11-6-9-8/h1-3,5H,4H2. The van der Waals surface area contributed by atoms with Crippen molar-refractivity contribution < 1.29 is 4.74 Å². The minimum atomic E-state index is 0.606. The van der Waals surface area contributed by atoms with E-state index in [4.69, 9.17) is 4.74 Å². The van der Waals surface area contributed by atoms with E-state index in [0.29, 0.717) is 12.5 Å². The summed E-state index contributed by atoms with van der Waals surface area (Å²) in [4.78, 5) is 5.10. The molecule has 0 aliphatic heterocycles. The van der Waals surface area contributed by atoms with Crippen LogP contribution in [0.4, 0.5) is 0 Å². The average molecular weight is 196 g/mol. The van der Waals surface area contributed by atoms with Crippen LogP contribution in [0.25, 0.3) is 0 Å². The number of nitrogens with zero attached hydrogens (tertiary/aromatic N) is 1. The molecule has 0 saturated heterocycles. The van der Waals surface area contributed by atoms with Crippen LogP contribution in [0.5, 0.6) is 5.88 Å². The molecule has 0 bridgehead atoms. The maximum atomic E-state index is 5.37. The SMILES string of the molecule is [c]1nc(OCc2cccs2)cs1. The molecule has 0 N–H and O–H groups in total. The average Bonchev–Trinajstić information content (AvgIpc) is 2.74. The van der Waals surface area contributed by atoms with Crippen molar-refractivity contribution in [3.8, 4) is 5.88 Å². The van der Waals surface area contributed by atoms with Crippen molar-refractivity contribution in [1.29, 1.82) is 0 Å². The van der Waals surface area contributed by atoms with Crippen molar-refractivity contribution in [2.45, 2.75) is 6.61 Å². The summed E-state index contributed by atoms with van der Waals surface area (Å²) >= 11 is 3.10. The van der Waals surface area contributed by atoms with Gasteiger partial charge in [0.2, 0.25) is 5.88 Å². The molecule has 2 aromatic rings. The molecule has 0 aromatic carbocycles. The largest absolute Gasteiger partial charge is 0.471 e. The quantitative estimate of drug-likeness (QED) is 0.752. The molecule has 4 heteroatoms. The van der Waals surface area contributed by atoms with Crippen molar-refractivity contribution in [2.24, 2.45) is 0 Å². The van der Waals surface area contributed by atoms with E-state index in [0.717, 1.165) is 0 Å². The summed E-state index contributed by atoms with van der Waals surface area (Å²) in [5, 5.41) is 3.87. The number of aromatic nitrogens is 1. The lowest BCUT2D eigenvalue weighted by atomic mass is 10.5. The molecule has 0 atom stereocenters. The predicted octanol–water partition coefficient (Wildman–Crippen LogP) is 2.58. The Bertz CT molecular complexity index is 280. The van der Waals surface area contributed by atoms with Gasteiger partial charge in [-0.15, -0.1) is 22.7 Å². The number of hydrogen-bond acceptors (Lipinski definition) is 4. The fraction of sp³-hybridized carbons (Fsp3) is 0.125. The van der Waals surface area contributed by atoms with E-state index in [2.05, 4.69) is 10.5 Å². The van der Waals surface area contributed by atoms with Crippen molar-refractivity contribution in [1.82, 2.24) is 4.98 Å². The third kappa shape index (κ3) is 1.84. The highest BCUT2D eigenvalue weighted by Crippen LogP contribution is 2.14. The van der Waals surface area contributed by atoms with Gasteiger partial charge in [-0.2, -0.15) is 4.98 Å². The van der Waals surface area contributed by atoms with Gasteiger partial charge in [-0.05, 0) is 11.4 Å². The lowest BCUT2D eigenvalue weighted by Crippen LogP contribution is -1.91. The topological polar surface area (TPSA) is 22.1 Å². The number of thiazole rings is 1. The first kappa shape index (κ1) is 7.76. The van der Waals surface area contributed by atoms with Crippen molar-refractivity contribution in [3.63, 3.8) is 0 Å². The van der Waals surface area contributed by atoms with Gasteiger partial charge in [0.1, 0.15) is 6.61 Å². The summed E-state index contributed by atoms with van der Waals surface area (Å²) in [5.41, 5.74) is 2.73. The van der Waals surface area contributed by atoms with Crippen LogP contribution in [0, 0.1) is 5.51 Å². The van der Waals surface area contributed by atoms with E-state index in [9.17, 15) is 0 Å². The van der Waals surface area contributed by atoms with Gasteiger partial charge >= 0.3 is 0 Å². The molecule has 0 unspecified atom stereocenters. The van der Waals surface area contributed by atoms with E-state index >= 15 is 0 Å². The Balaban J connectivity index is 1.91. The fourth-order valence-electron chi connectivity index (χ4n) is 0.781. The Hall–Kier alpha value is -0.870. The first-order chi connectivity index (χ1) is 5.95. The first-order valence-corrected chi connectivity index (χ1v) is 5.18. The number of hydrogen-bond donors (Lipinski definition) is 0. The normalized spacial score (nSPS) is 10.0. The van der Waals surface area contributed by atoms with Crippen LogP contribution in [-0.2, 0) is 6.61 Å². The molecule has 0 spiro atoms. The van der Waals surface area contributed by atoms with Gasteiger partial charge in [0.15, 0.2) is 5.51 Å². The smallest absolute Gasteiger partial charge is 0.225 e. The molecule has 2 heterocycles. The number of rotatable bonds is 3. The Morgan fingerprint density at radius 3 is 3.25 bits per heavy atom. The lowest BCUT2D eigenvalue weighted by molar-refractivity contribution is 0.299. The van der Waals surface area contributed by atoms with E-state index < -0.39 is 0 Å². The second kappa shape index (κ2) is 3.69. The zero-order valence-corrected chi connectivity index (χ0v) is 7.82. The Labute approximate surface area is 78.5 Å². The fourth-order valence-corrected chi connectivity index (χ4v) is 1.81. The first-order valence-electron chi connectivity index (χ1n) is 3.42. The van der Waals surface area contributed by atoms with Crippen LogP contribution in [-0.4, -0.2) is 4.98 Å². The molecular weight excluding hydrogens is 190 g/mol. The zero-order valence-electron chi connectivity index (χ0n) is 6.19. The van der Waals surface area contributed by atoms with Crippen molar-refractivity contribution >= 4 is 22.7 Å². The van der Waals surface area contributed by atoms with E-state index in [-0.39, 0.29) is 0 Å². The number of thiophene rings is 1.